The van der Waals surface area contributed by atoms with Crippen LogP contribution in [0.3, 0.4) is 0 Å². The Bertz CT molecular complexity index is 1130. The number of carbonyl (C=O) groups excluding carboxylic acids is 1. The lowest BCUT2D eigenvalue weighted by Crippen LogP contribution is -2.05. The van der Waals surface area contributed by atoms with Crippen LogP contribution in [0.2, 0.25) is 0 Å². The number of ether oxygens (including phenoxy) is 2. The number of nitrogens with zero attached hydrogens (tertiary/aromatic N) is 1. The van der Waals surface area contributed by atoms with Gasteiger partial charge in [-0.05, 0) is 55.5 Å². The Labute approximate surface area is 171 Å². The first-order valence-electron chi connectivity index (χ1n) is 9.24. The van der Waals surface area contributed by atoms with Crippen molar-refractivity contribution in [2.75, 3.05) is 0 Å². The van der Waals surface area contributed by atoms with Crippen molar-refractivity contribution < 1.29 is 27.5 Å². The molecule has 7 heteroatoms. The van der Waals surface area contributed by atoms with Crippen LogP contribution in [0.5, 0.6) is 5.75 Å². The average molecular weight is 407 g/mol. The summed E-state index contributed by atoms with van der Waals surface area (Å²) in [5.41, 5.74) is 1.38. The van der Waals surface area contributed by atoms with Crippen molar-refractivity contribution in [1.82, 2.24) is 4.98 Å². The summed E-state index contributed by atoms with van der Waals surface area (Å²) in [5, 5.41) is 0. The Morgan fingerprint density at radius 1 is 0.967 bits per heavy atom. The lowest BCUT2D eigenvalue weighted by Gasteiger charge is -2.04. The number of oxazole rings is 1. The van der Waals surface area contributed by atoms with Crippen LogP contribution in [0.4, 0.5) is 4.39 Å². The average Bonchev–Trinajstić information content (AvgIpc) is 3.39. The molecule has 6 nitrogen and oxygen atoms in total. The molecule has 0 amide bonds. The molecule has 4 rings (SSSR count). The van der Waals surface area contributed by atoms with Crippen molar-refractivity contribution >= 4 is 5.97 Å². The summed E-state index contributed by atoms with van der Waals surface area (Å²) in [6.45, 7) is 1.82. The summed E-state index contributed by atoms with van der Waals surface area (Å²) < 4.78 is 34.8. The molecular weight excluding hydrogens is 389 g/mol. The Balaban J connectivity index is 1.33. The number of carbonyl (C=O) groups is 1. The molecule has 0 bridgehead atoms. The third-order valence-electron chi connectivity index (χ3n) is 4.31. The lowest BCUT2D eigenvalue weighted by molar-refractivity contribution is 0.0426. The normalized spacial score (nSPS) is 10.7. The summed E-state index contributed by atoms with van der Waals surface area (Å²) >= 11 is 0. The van der Waals surface area contributed by atoms with Gasteiger partial charge in [0.1, 0.15) is 42.0 Å². The standard InChI is InChI=1S/C23H18FNO5/c1-15-20(25-22(29-15)16-5-3-2-4-6-16)14-28-23(26)21-12-11-19(30-21)13-27-18-9-7-17(24)8-10-18/h2-12H,13-14H2,1H3. The Hall–Kier alpha value is -3.87. The fourth-order valence-electron chi connectivity index (χ4n) is 2.72. The molecule has 0 aliphatic heterocycles. The SMILES string of the molecule is Cc1oc(-c2ccccc2)nc1COC(=O)c1ccc(COc2ccc(F)cc2)o1. The van der Waals surface area contributed by atoms with Crippen molar-refractivity contribution in [1.29, 1.82) is 0 Å². The van der Waals surface area contributed by atoms with Gasteiger partial charge in [0.25, 0.3) is 0 Å². The first-order valence-corrected chi connectivity index (χ1v) is 9.24. The van der Waals surface area contributed by atoms with E-state index in [2.05, 4.69) is 4.98 Å². The number of hydrogen-bond donors (Lipinski definition) is 0. The van der Waals surface area contributed by atoms with Crippen LogP contribution >= 0.6 is 0 Å². The highest BCUT2D eigenvalue weighted by molar-refractivity contribution is 5.86. The van der Waals surface area contributed by atoms with Gasteiger partial charge in [0.15, 0.2) is 0 Å². The van der Waals surface area contributed by atoms with Gasteiger partial charge in [-0.15, -0.1) is 0 Å². The van der Waals surface area contributed by atoms with E-state index in [4.69, 9.17) is 18.3 Å². The maximum absolute atomic E-state index is 12.9. The third kappa shape index (κ3) is 4.57. The molecule has 30 heavy (non-hydrogen) atoms. The molecule has 152 valence electrons. The quantitative estimate of drug-likeness (QED) is 0.386. The Morgan fingerprint density at radius 3 is 2.50 bits per heavy atom. The second-order valence-electron chi connectivity index (χ2n) is 6.47. The molecule has 0 atom stereocenters. The molecule has 2 heterocycles. The summed E-state index contributed by atoms with van der Waals surface area (Å²) in [7, 11) is 0. The van der Waals surface area contributed by atoms with E-state index < -0.39 is 5.97 Å². The molecule has 0 saturated carbocycles. The maximum Gasteiger partial charge on any atom is 0.374 e. The van der Waals surface area contributed by atoms with Gasteiger partial charge in [-0.2, -0.15) is 0 Å². The number of hydrogen-bond acceptors (Lipinski definition) is 6. The van der Waals surface area contributed by atoms with Crippen molar-refractivity contribution in [2.24, 2.45) is 0 Å². The molecule has 0 aliphatic carbocycles. The van der Waals surface area contributed by atoms with E-state index >= 15 is 0 Å². The van der Waals surface area contributed by atoms with E-state index in [1.165, 1.54) is 30.3 Å². The lowest BCUT2D eigenvalue weighted by atomic mass is 10.2. The molecule has 2 aromatic carbocycles. The van der Waals surface area contributed by atoms with Gasteiger partial charge in [-0.25, -0.2) is 14.2 Å². The largest absolute Gasteiger partial charge is 0.486 e. The van der Waals surface area contributed by atoms with Crippen LogP contribution < -0.4 is 4.74 Å². The van der Waals surface area contributed by atoms with Crippen LogP contribution in [-0.2, 0) is 18.0 Å². The predicted molar refractivity (Wildman–Crippen MR) is 105 cm³/mol. The molecule has 2 aromatic heterocycles. The van der Waals surface area contributed by atoms with E-state index in [0.29, 0.717) is 28.9 Å². The monoisotopic (exact) mass is 407 g/mol. The summed E-state index contributed by atoms with van der Waals surface area (Å²) in [4.78, 5) is 16.7. The number of halogens is 1. The Morgan fingerprint density at radius 2 is 1.73 bits per heavy atom. The van der Waals surface area contributed by atoms with Gasteiger partial charge < -0.3 is 18.3 Å². The Kier molecular flexibility index (Phi) is 5.61. The first kappa shape index (κ1) is 19.4. The van der Waals surface area contributed by atoms with Crippen molar-refractivity contribution in [3.8, 4) is 17.2 Å². The minimum atomic E-state index is -0.619. The van der Waals surface area contributed by atoms with Gasteiger partial charge in [-0.3, -0.25) is 0 Å². The topological polar surface area (TPSA) is 74.7 Å². The molecule has 4 aromatic rings. The number of esters is 1. The number of aromatic nitrogens is 1. The second-order valence-corrected chi connectivity index (χ2v) is 6.47. The van der Waals surface area contributed by atoms with E-state index in [-0.39, 0.29) is 24.8 Å². The van der Waals surface area contributed by atoms with E-state index in [1.54, 1.807) is 13.0 Å². The highest BCUT2D eigenvalue weighted by Gasteiger charge is 2.17. The predicted octanol–water partition coefficient (Wildman–Crippen LogP) is 5.32. The smallest absolute Gasteiger partial charge is 0.374 e. The van der Waals surface area contributed by atoms with Crippen molar-refractivity contribution in [3.63, 3.8) is 0 Å². The molecule has 0 unspecified atom stereocenters. The molecule has 0 aliphatic rings. The summed E-state index contributed by atoms with van der Waals surface area (Å²) in [6, 6.07) is 18.2. The van der Waals surface area contributed by atoms with Gasteiger partial charge in [-0.1, -0.05) is 18.2 Å². The van der Waals surface area contributed by atoms with Crippen LogP contribution in [0.25, 0.3) is 11.5 Å². The second kappa shape index (κ2) is 8.65. The number of rotatable bonds is 7. The fourth-order valence-corrected chi connectivity index (χ4v) is 2.72. The first-order chi connectivity index (χ1) is 14.6. The zero-order valence-corrected chi connectivity index (χ0v) is 16.1. The fraction of sp³-hybridized carbons (Fsp3) is 0.130. The number of furan rings is 1. The van der Waals surface area contributed by atoms with Crippen LogP contribution in [-0.4, -0.2) is 11.0 Å². The molecule has 0 fully saturated rings. The van der Waals surface area contributed by atoms with Crippen molar-refractivity contribution in [2.45, 2.75) is 20.1 Å². The van der Waals surface area contributed by atoms with Gasteiger partial charge in [0.2, 0.25) is 11.7 Å². The molecule has 0 saturated heterocycles. The highest BCUT2D eigenvalue weighted by Crippen LogP contribution is 2.22. The van der Waals surface area contributed by atoms with E-state index in [9.17, 15) is 9.18 Å². The van der Waals surface area contributed by atoms with Crippen LogP contribution in [0.15, 0.2) is 75.6 Å². The number of benzene rings is 2. The molecule has 0 radical (unpaired) electrons. The zero-order chi connectivity index (χ0) is 20.9. The van der Waals surface area contributed by atoms with Gasteiger partial charge >= 0.3 is 5.97 Å². The van der Waals surface area contributed by atoms with Gasteiger partial charge in [0.05, 0.1) is 0 Å². The molecule has 0 N–H and O–H groups in total. The minimum Gasteiger partial charge on any atom is -0.486 e. The molecular formula is C23H18FNO5. The van der Waals surface area contributed by atoms with Gasteiger partial charge in [0, 0.05) is 5.56 Å². The molecule has 0 spiro atoms. The zero-order valence-electron chi connectivity index (χ0n) is 16.1. The summed E-state index contributed by atoms with van der Waals surface area (Å²) in [5.74, 6) is 1.07. The minimum absolute atomic E-state index is 0.0386. The van der Waals surface area contributed by atoms with E-state index in [0.717, 1.165) is 5.56 Å². The third-order valence-corrected chi connectivity index (χ3v) is 4.31. The maximum atomic E-state index is 12.9. The number of aryl methyl sites for hydroxylation is 1. The summed E-state index contributed by atoms with van der Waals surface area (Å²) in [6.07, 6.45) is 0. The van der Waals surface area contributed by atoms with Crippen LogP contribution in [0.1, 0.15) is 27.8 Å². The van der Waals surface area contributed by atoms with E-state index in [1.807, 2.05) is 30.3 Å². The van der Waals surface area contributed by atoms with Crippen molar-refractivity contribution in [3.05, 3.63) is 95.5 Å². The highest BCUT2D eigenvalue weighted by atomic mass is 19.1. The van der Waals surface area contributed by atoms with Crippen LogP contribution in [0, 0.1) is 12.7 Å².